The van der Waals surface area contributed by atoms with Crippen LogP contribution in [0.3, 0.4) is 0 Å². The minimum Gasteiger partial charge on any atom is -0.429 e. The molecular formula is C70H54F8O. The zero-order valence-corrected chi connectivity index (χ0v) is 43.5. The van der Waals surface area contributed by atoms with Gasteiger partial charge in [0.25, 0.3) is 0 Å². The maximum absolute atomic E-state index is 13.9. The molecule has 11 rings (SSSR count). The summed E-state index contributed by atoms with van der Waals surface area (Å²) in [5.74, 6) is -6.71. The molecule has 0 spiro atoms. The van der Waals surface area contributed by atoms with E-state index in [-0.39, 0.29) is 5.56 Å². The molecule has 79 heavy (non-hydrogen) atoms. The van der Waals surface area contributed by atoms with Crippen LogP contribution in [0.15, 0.2) is 219 Å². The van der Waals surface area contributed by atoms with Crippen LogP contribution < -0.4 is 4.74 Å². The number of aryl methyl sites for hydroxylation is 3. The predicted octanol–water partition coefficient (Wildman–Crippen LogP) is 20.9. The first-order chi connectivity index (χ1) is 38.2. The van der Waals surface area contributed by atoms with Gasteiger partial charge in [-0.1, -0.05) is 178 Å². The Hall–Kier alpha value is -8.82. The lowest BCUT2D eigenvalue weighted by molar-refractivity contribution is -0.0546. The summed E-state index contributed by atoms with van der Waals surface area (Å²) in [4.78, 5) is 0. The van der Waals surface area contributed by atoms with Gasteiger partial charge in [-0.15, -0.1) is 6.58 Å². The third-order valence-electron chi connectivity index (χ3n) is 13.8. The molecule has 0 fully saturated rings. The third-order valence-corrected chi connectivity index (χ3v) is 13.8. The molecule has 9 heteroatoms. The van der Waals surface area contributed by atoms with Gasteiger partial charge in [-0.25, -0.2) is 26.3 Å². The Morgan fingerprint density at radius 3 is 1.04 bits per heavy atom. The van der Waals surface area contributed by atoms with Gasteiger partial charge in [-0.3, -0.25) is 0 Å². The van der Waals surface area contributed by atoms with Gasteiger partial charge in [0.15, 0.2) is 40.7 Å². The van der Waals surface area contributed by atoms with Gasteiger partial charge in [0.05, 0.1) is 0 Å². The van der Waals surface area contributed by atoms with E-state index in [1.165, 1.54) is 50.4 Å². The van der Waals surface area contributed by atoms with Crippen molar-refractivity contribution in [3.8, 4) is 61.4 Å². The lowest BCUT2D eigenvalue weighted by atomic mass is 9.97. The first kappa shape index (κ1) is 55.0. The molecule has 1 nitrogen and oxygen atoms in total. The van der Waals surface area contributed by atoms with Crippen molar-refractivity contribution in [1.82, 2.24) is 0 Å². The van der Waals surface area contributed by atoms with Crippen LogP contribution in [0.25, 0.3) is 88.0 Å². The molecule has 0 aliphatic carbocycles. The van der Waals surface area contributed by atoms with Crippen molar-refractivity contribution >= 4 is 32.3 Å². The SMILES string of the molecule is C=CCCc1ccc2cc(-c3cc(F)c(OC(F)F)c(F)c3)ccc2c1.CCCc1ccc2cc(-c3ccc(-c4ccc(F)c(F)c4)cc3)ccc2c1.CCc1ccc2cc(-c3ccc(-c4ccc(F)c(F)c4)cc3)ccc2c1. The fraction of sp³-hybridized carbons (Fsp3) is 0.114. The van der Waals surface area contributed by atoms with Crippen LogP contribution in [-0.2, 0) is 19.3 Å². The highest BCUT2D eigenvalue weighted by atomic mass is 19.3. The monoisotopic (exact) mass is 1060 g/mol. The van der Waals surface area contributed by atoms with Crippen LogP contribution in [0.4, 0.5) is 35.1 Å². The summed E-state index contributed by atoms with van der Waals surface area (Å²) in [6.45, 7) is 4.77. The van der Waals surface area contributed by atoms with Gasteiger partial charge in [0, 0.05) is 0 Å². The summed E-state index contributed by atoms with van der Waals surface area (Å²) in [5.41, 5.74) is 12.2. The fourth-order valence-corrected chi connectivity index (χ4v) is 9.50. The van der Waals surface area contributed by atoms with Gasteiger partial charge < -0.3 is 4.74 Å². The highest BCUT2D eigenvalue weighted by Gasteiger charge is 2.18. The number of fused-ring (bicyclic) bond motifs is 3. The van der Waals surface area contributed by atoms with Crippen molar-refractivity contribution in [3.05, 3.63) is 271 Å². The van der Waals surface area contributed by atoms with Gasteiger partial charge in [-0.2, -0.15) is 8.78 Å². The second-order valence-electron chi connectivity index (χ2n) is 19.2. The molecule has 11 aromatic rings. The standard InChI is InChI=1S/C25H20F2.C24H18F2.C21H16F4O/c1-2-3-17-4-5-22-15-21(11-10-20(22)14-17)18-6-8-19(9-7-18)23-12-13-24(26)25(27)16-23;1-2-16-3-4-21-14-20(10-9-19(21)13-16)17-5-7-18(8-6-17)22-11-12-23(25)24(26)15-22;1-2-3-4-13-5-6-15-10-16(8-7-14(15)9-13)17-11-18(22)20(19(23)12-17)26-21(24)25/h4-16H,2-3H2,1H3;3-15H,2H2,1H3;2,5-12,21H,1,3-4H2. The number of rotatable bonds is 13. The molecule has 0 atom stereocenters. The van der Waals surface area contributed by atoms with Crippen LogP contribution in [0.2, 0.25) is 0 Å². The molecule has 0 saturated heterocycles. The second kappa shape index (κ2) is 25.1. The van der Waals surface area contributed by atoms with E-state index >= 15 is 0 Å². The number of allylic oxidation sites excluding steroid dienone is 1. The van der Waals surface area contributed by atoms with E-state index < -0.39 is 47.3 Å². The molecule has 11 aromatic carbocycles. The Morgan fingerprint density at radius 1 is 0.342 bits per heavy atom. The van der Waals surface area contributed by atoms with Crippen LogP contribution in [-0.4, -0.2) is 6.61 Å². The Bertz CT molecular complexity index is 3920. The summed E-state index contributed by atoms with van der Waals surface area (Å²) in [6.07, 6.45) is 6.91. The summed E-state index contributed by atoms with van der Waals surface area (Å²) in [5, 5.41) is 6.85. The van der Waals surface area contributed by atoms with E-state index in [2.05, 4.69) is 104 Å². The molecule has 0 bridgehead atoms. The number of hydrogen-bond acceptors (Lipinski definition) is 1. The average molecular weight is 1060 g/mol. The summed E-state index contributed by atoms with van der Waals surface area (Å²) in [7, 11) is 0. The molecule has 0 radical (unpaired) electrons. The molecule has 0 aliphatic heterocycles. The smallest absolute Gasteiger partial charge is 0.387 e. The Labute approximate surface area is 454 Å². The topological polar surface area (TPSA) is 9.23 Å². The first-order valence-electron chi connectivity index (χ1n) is 26.0. The van der Waals surface area contributed by atoms with Crippen LogP contribution in [0.1, 0.15) is 43.4 Å². The third kappa shape index (κ3) is 13.5. The second-order valence-corrected chi connectivity index (χ2v) is 19.2. The minimum atomic E-state index is -3.29. The largest absolute Gasteiger partial charge is 0.429 e. The van der Waals surface area contributed by atoms with Gasteiger partial charge in [0.2, 0.25) is 0 Å². The Morgan fingerprint density at radius 2 is 0.658 bits per heavy atom. The van der Waals surface area contributed by atoms with E-state index in [9.17, 15) is 35.1 Å². The molecule has 0 aromatic heterocycles. The van der Waals surface area contributed by atoms with E-state index in [1.54, 1.807) is 24.3 Å². The van der Waals surface area contributed by atoms with Gasteiger partial charge in [0.1, 0.15) is 0 Å². The Balaban J connectivity index is 0.000000144. The van der Waals surface area contributed by atoms with E-state index in [4.69, 9.17) is 0 Å². The van der Waals surface area contributed by atoms with Crippen molar-refractivity contribution in [2.24, 2.45) is 0 Å². The lowest BCUT2D eigenvalue weighted by Gasteiger charge is -2.10. The number of alkyl halides is 2. The minimum absolute atomic E-state index is 0.249. The molecule has 396 valence electrons. The highest BCUT2D eigenvalue weighted by Crippen LogP contribution is 2.34. The van der Waals surface area contributed by atoms with E-state index in [0.717, 1.165) is 101 Å². The maximum atomic E-state index is 13.9. The number of ether oxygens (including phenoxy) is 1. The first-order valence-corrected chi connectivity index (χ1v) is 26.0. The van der Waals surface area contributed by atoms with Crippen LogP contribution in [0, 0.1) is 34.9 Å². The van der Waals surface area contributed by atoms with Crippen LogP contribution >= 0.6 is 0 Å². The zero-order chi connectivity index (χ0) is 55.6. The lowest BCUT2D eigenvalue weighted by Crippen LogP contribution is -2.06. The number of halogens is 8. The van der Waals surface area contributed by atoms with Crippen molar-refractivity contribution in [1.29, 1.82) is 0 Å². The highest BCUT2D eigenvalue weighted by molar-refractivity contribution is 5.90. The molecular weight excluding hydrogens is 1010 g/mol. The average Bonchev–Trinajstić information content (AvgIpc) is 3.48. The van der Waals surface area contributed by atoms with E-state index in [1.807, 2.05) is 72.8 Å². The normalized spacial score (nSPS) is 11.1. The summed E-state index contributed by atoms with van der Waals surface area (Å²) < 4.78 is 109. The van der Waals surface area contributed by atoms with Crippen molar-refractivity contribution in [3.63, 3.8) is 0 Å². The zero-order valence-electron chi connectivity index (χ0n) is 43.5. The van der Waals surface area contributed by atoms with E-state index in [0.29, 0.717) is 16.7 Å². The molecule has 0 unspecified atom stereocenters. The molecule has 0 heterocycles. The Kier molecular flexibility index (Phi) is 17.5. The predicted molar refractivity (Wildman–Crippen MR) is 307 cm³/mol. The van der Waals surface area contributed by atoms with Gasteiger partial charge >= 0.3 is 6.61 Å². The fourth-order valence-electron chi connectivity index (χ4n) is 9.50. The maximum Gasteiger partial charge on any atom is 0.387 e. The summed E-state index contributed by atoms with van der Waals surface area (Å²) in [6, 6.07) is 63.3. The summed E-state index contributed by atoms with van der Waals surface area (Å²) >= 11 is 0. The molecule has 0 aliphatic rings. The molecule has 0 saturated carbocycles. The number of benzene rings is 11. The molecule has 0 amide bonds. The quantitative estimate of drug-likeness (QED) is 0.0826. The van der Waals surface area contributed by atoms with Crippen molar-refractivity contribution in [2.75, 3.05) is 0 Å². The molecule has 0 N–H and O–H groups in total. The van der Waals surface area contributed by atoms with Gasteiger partial charge in [-0.05, 0) is 185 Å². The number of hydrogen-bond donors (Lipinski definition) is 0. The van der Waals surface area contributed by atoms with Crippen LogP contribution in [0.5, 0.6) is 5.75 Å². The van der Waals surface area contributed by atoms with Crippen molar-refractivity contribution < 1.29 is 39.9 Å². The van der Waals surface area contributed by atoms with Crippen molar-refractivity contribution in [2.45, 2.75) is 52.6 Å².